The average Bonchev–Trinajstić information content (AvgIpc) is 2.66. The van der Waals surface area contributed by atoms with E-state index >= 15 is 0 Å². The molecule has 1 heterocycles. The van der Waals surface area contributed by atoms with Crippen molar-refractivity contribution in [1.29, 1.82) is 0 Å². The van der Waals surface area contributed by atoms with E-state index in [2.05, 4.69) is 4.98 Å². The molecule has 0 aliphatic carbocycles. The highest BCUT2D eigenvalue weighted by Crippen LogP contribution is 2.25. The zero-order chi connectivity index (χ0) is 11.7. The van der Waals surface area contributed by atoms with Crippen molar-refractivity contribution < 1.29 is 4.79 Å². The predicted molar refractivity (Wildman–Crippen MR) is 63.6 cm³/mol. The van der Waals surface area contributed by atoms with E-state index in [1.165, 1.54) is 6.92 Å². The molecule has 0 aliphatic rings. The molecule has 0 saturated heterocycles. The van der Waals surface area contributed by atoms with Gasteiger partial charge in [0, 0.05) is 24.3 Å². The summed E-state index contributed by atoms with van der Waals surface area (Å²) in [5.74, 6) is 0.236. The first-order valence-corrected chi connectivity index (χ1v) is 5.35. The Morgan fingerprint density at radius 3 is 2.75 bits per heavy atom. The maximum absolute atomic E-state index is 11.3. The van der Waals surface area contributed by atoms with Gasteiger partial charge < -0.3 is 0 Å². The average molecular weight is 255 g/mol. The van der Waals surface area contributed by atoms with Gasteiger partial charge in [-0.25, -0.2) is 4.98 Å². The van der Waals surface area contributed by atoms with Crippen LogP contribution in [-0.2, 0) is 0 Å². The van der Waals surface area contributed by atoms with Gasteiger partial charge in [-0.05, 0) is 18.2 Å². The summed E-state index contributed by atoms with van der Waals surface area (Å²) in [5, 5.41) is 1.03. The molecular weight excluding hydrogens is 247 g/mol. The Hall–Kier alpha value is -1.32. The molecule has 0 amide bonds. The fourth-order valence-electron chi connectivity index (χ4n) is 1.43. The Labute approximate surface area is 103 Å². The number of Topliss-reactive ketones (excluding diaryl/α,β-unsaturated/α-hetero) is 1. The van der Waals surface area contributed by atoms with Gasteiger partial charge in [-0.3, -0.25) is 9.36 Å². The van der Waals surface area contributed by atoms with E-state index in [1.54, 1.807) is 35.2 Å². The monoisotopic (exact) mass is 254 g/mol. The van der Waals surface area contributed by atoms with Gasteiger partial charge in [-0.1, -0.05) is 23.2 Å². The standard InChI is InChI=1S/C11H8Cl2N2O/c1-7(16)11-14-4-5-15(11)10-3-2-8(12)6-9(10)13/h2-6H,1H3. The van der Waals surface area contributed by atoms with Crippen molar-refractivity contribution in [2.45, 2.75) is 6.92 Å². The number of aromatic nitrogens is 2. The summed E-state index contributed by atoms with van der Waals surface area (Å²) < 4.78 is 1.64. The molecule has 0 spiro atoms. The molecule has 2 aromatic rings. The molecule has 0 radical (unpaired) electrons. The molecule has 0 aliphatic heterocycles. The first kappa shape index (κ1) is 11.2. The SMILES string of the molecule is CC(=O)c1nccn1-c1ccc(Cl)cc1Cl. The number of carbonyl (C=O) groups is 1. The van der Waals surface area contributed by atoms with Crippen molar-refractivity contribution in [3.05, 3.63) is 46.5 Å². The minimum atomic E-state index is -0.115. The highest BCUT2D eigenvalue weighted by Gasteiger charge is 2.11. The molecule has 0 saturated carbocycles. The van der Waals surface area contributed by atoms with Gasteiger partial charge >= 0.3 is 0 Å². The van der Waals surface area contributed by atoms with Gasteiger partial charge in [0.15, 0.2) is 11.6 Å². The van der Waals surface area contributed by atoms with Crippen molar-refractivity contribution in [3.8, 4) is 5.69 Å². The van der Waals surface area contributed by atoms with Gasteiger partial charge in [0.1, 0.15) is 0 Å². The van der Waals surface area contributed by atoms with Crippen LogP contribution in [0, 0.1) is 0 Å². The molecule has 0 fully saturated rings. The molecule has 1 aromatic heterocycles. The van der Waals surface area contributed by atoms with E-state index in [-0.39, 0.29) is 5.78 Å². The Morgan fingerprint density at radius 2 is 2.12 bits per heavy atom. The molecular formula is C11H8Cl2N2O. The fraction of sp³-hybridized carbons (Fsp3) is 0.0909. The first-order chi connectivity index (χ1) is 7.59. The molecule has 1 aromatic carbocycles. The highest BCUT2D eigenvalue weighted by molar-refractivity contribution is 6.35. The number of rotatable bonds is 2. The van der Waals surface area contributed by atoms with Gasteiger partial charge in [0.2, 0.25) is 0 Å². The second-order valence-corrected chi connectivity index (χ2v) is 4.12. The minimum absolute atomic E-state index is 0.115. The first-order valence-electron chi connectivity index (χ1n) is 4.59. The van der Waals surface area contributed by atoms with Crippen LogP contribution in [-0.4, -0.2) is 15.3 Å². The molecule has 0 bridgehead atoms. The number of halogens is 2. The third kappa shape index (κ3) is 1.96. The zero-order valence-electron chi connectivity index (χ0n) is 8.45. The summed E-state index contributed by atoms with van der Waals surface area (Å²) in [6, 6.07) is 5.09. The number of hydrogen-bond donors (Lipinski definition) is 0. The summed E-state index contributed by atoms with van der Waals surface area (Å²) >= 11 is 11.9. The minimum Gasteiger partial charge on any atom is -0.296 e. The number of benzene rings is 1. The van der Waals surface area contributed by atoms with E-state index < -0.39 is 0 Å². The summed E-state index contributed by atoms with van der Waals surface area (Å²) in [6.07, 6.45) is 3.24. The summed E-state index contributed by atoms with van der Waals surface area (Å²) in [6.45, 7) is 1.46. The molecule has 0 atom stereocenters. The van der Waals surface area contributed by atoms with E-state index in [4.69, 9.17) is 23.2 Å². The summed E-state index contributed by atoms with van der Waals surface area (Å²) in [4.78, 5) is 15.3. The van der Waals surface area contributed by atoms with Gasteiger partial charge in [-0.2, -0.15) is 0 Å². The number of nitrogens with zero attached hydrogens (tertiary/aromatic N) is 2. The van der Waals surface area contributed by atoms with E-state index in [1.807, 2.05) is 0 Å². The maximum Gasteiger partial charge on any atom is 0.195 e. The highest BCUT2D eigenvalue weighted by atomic mass is 35.5. The Balaban J connectivity index is 2.59. The van der Waals surface area contributed by atoms with Crippen LogP contribution in [0.25, 0.3) is 5.69 Å². The lowest BCUT2D eigenvalue weighted by Crippen LogP contribution is -2.05. The number of hydrogen-bond acceptors (Lipinski definition) is 2. The summed E-state index contributed by atoms with van der Waals surface area (Å²) in [5.41, 5.74) is 0.689. The lowest BCUT2D eigenvalue weighted by atomic mass is 10.3. The number of carbonyl (C=O) groups excluding carboxylic acids is 1. The molecule has 0 N–H and O–H groups in total. The topological polar surface area (TPSA) is 34.9 Å². The largest absolute Gasteiger partial charge is 0.296 e. The van der Waals surface area contributed by atoms with E-state index in [0.717, 1.165) is 0 Å². The lowest BCUT2D eigenvalue weighted by Gasteiger charge is -2.07. The van der Waals surface area contributed by atoms with E-state index in [9.17, 15) is 4.79 Å². The van der Waals surface area contributed by atoms with Gasteiger partial charge in [0.25, 0.3) is 0 Å². The van der Waals surface area contributed by atoms with Crippen LogP contribution in [0.4, 0.5) is 0 Å². The van der Waals surface area contributed by atoms with Crippen LogP contribution in [0.3, 0.4) is 0 Å². The third-order valence-electron chi connectivity index (χ3n) is 2.12. The third-order valence-corrected chi connectivity index (χ3v) is 2.66. The lowest BCUT2D eigenvalue weighted by molar-refractivity contribution is 0.100. The van der Waals surface area contributed by atoms with Crippen molar-refractivity contribution in [2.75, 3.05) is 0 Å². The number of imidazole rings is 1. The molecule has 82 valence electrons. The maximum atomic E-state index is 11.3. The molecule has 0 unspecified atom stereocenters. The second kappa shape index (κ2) is 4.28. The molecule has 2 rings (SSSR count). The smallest absolute Gasteiger partial charge is 0.195 e. The van der Waals surface area contributed by atoms with Crippen molar-refractivity contribution in [1.82, 2.24) is 9.55 Å². The Morgan fingerprint density at radius 1 is 1.38 bits per heavy atom. The van der Waals surface area contributed by atoms with Crippen molar-refractivity contribution >= 4 is 29.0 Å². The molecule has 5 heteroatoms. The van der Waals surface area contributed by atoms with Gasteiger partial charge in [-0.15, -0.1) is 0 Å². The molecule has 16 heavy (non-hydrogen) atoms. The zero-order valence-corrected chi connectivity index (χ0v) is 9.96. The Kier molecular flexibility index (Phi) is 2.99. The quantitative estimate of drug-likeness (QED) is 0.771. The fourth-order valence-corrected chi connectivity index (χ4v) is 1.93. The second-order valence-electron chi connectivity index (χ2n) is 3.27. The Bertz CT molecular complexity index is 549. The molecule has 3 nitrogen and oxygen atoms in total. The van der Waals surface area contributed by atoms with Crippen LogP contribution < -0.4 is 0 Å². The van der Waals surface area contributed by atoms with Crippen molar-refractivity contribution in [2.24, 2.45) is 0 Å². The summed E-state index contributed by atoms with van der Waals surface area (Å²) in [7, 11) is 0. The van der Waals surface area contributed by atoms with Crippen LogP contribution in [0.1, 0.15) is 17.5 Å². The van der Waals surface area contributed by atoms with Crippen LogP contribution in [0.15, 0.2) is 30.6 Å². The van der Waals surface area contributed by atoms with E-state index in [0.29, 0.717) is 21.6 Å². The van der Waals surface area contributed by atoms with Gasteiger partial charge in [0.05, 0.1) is 10.7 Å². The van der Waals surface area contributed by atoms with Crippen LogP contribution in [0.2, 0.25) is 10.0 Å². The van der Waals surface area contributed by atoms with Crippen LogP contribution in [0.5, 0.6) is 0 Å². The number of ketones is 1. The van der Waals surface area contributed by atoms with Crippen LogP contribution >= 0.6 is 23.2 Å². The predicted octanol–water partition coefficient (Wildman–Crippen LogP) is 3.38. The van der Waals surface area contributed by atoms with Crippen molar-refractivity contribution in [3.63, 3.8) is 0 Å². The normalized spacial score (nSPS) is 10.4.